The summed E-state index contributed by atoms with van der Waals surface area (Å²) in [6.07, 6.45) is 1.79. The molecule has 2 aromatic heterocycles. The maximum atomic E-state index is 6.52. The van der Waals surface area contributed by atoms with Gasteiger partial charge in [-0.25, -0.2) is 0 Å². The van der Waals surface area contributed by atoms with Crippen LogP contribution in [-0.4, -0.2) is 14.5 Å². The van der Waals surface area contributed by atoms with Crippen LogP contribution in [0.15, 0.2) is 91.1 Å². The van der Waals surface area contributed by atoms with Crippen molar-refractivity contribution in [2.45, 2.75) is 34.6 Å². The van der Waals surface area contributed by atoms with E-state index in [0.717, 1.165) is 51.0 Å². The smallest absolute Gasteiger partial charge is 0.0421 e. The van der Waals surface area contributed by atoms with Gasteiger partial charge in [-0.05, 0) is 80.1 Å². The van der Waals surface area contributed by atoms with Crippen LogP contribution >= 0.6 is 0 Å². The van der Waals surface area contributed by atoms with E-state index < -0.39 is 0 Å². The molecule has 6 aromatic rings. The van der Waals surface area contributed by atoms with Gasteiger partial charge in [-0.3, -0.25) is 0 Å². The molecule has 0 radical (unpaired) electrons. The number of hydrogen-bond donors (Lipinski definition) is 0. The molecule has 0 saturated carbocycles. The second-order valence-corrected chi connectivity index (χ2v) is 11.1. The van der Waals surface area contributed by atoms with Crippen LogP contribution in [-0.2, 0) is 21.1 Å². The fourth-order valence-electron chi connectivity index (χ4n) is 5.99. The van der Waals surface area contributed by atoms with Gasteiger partial charge in [-0.2, -0.15) is 0 Å². The average molecular weight is 755 g/mol. The molecular formula is C38H31N4OPt-3. The van der Waals surface area contributed by atoms with Crippen molar-refractivity contribution in [3.63, 3.8) is 0 Å². The second-order valence-electron chi connectivity index (χ2n) is 11.1. The summed E-state index contributed by atoms with van der Waals surface area (Å²) in [5.74, 6) is 2.16. The van der Waals surface area contributed by atoms with Gasteiger partial charge in [0.25, 0.3) is 0 Å². The zero-order valence-corrected chi connectivity index (χ0v) is 27.5. The SMILES string of the molecule is Cc1cc(C)c(-c2cc(Oc3[c-]c(-c4ccccn4)ccc3)[c-]c(N3[CH-]n4c(nc(C)c4C)-c4ccccc43)c2)c(C)c1.[Pt]. The van der Waals surface area contributed by atoms with Crippen LogP contribution in [0.3, 0.4) is 0 Å². The van der Waals surface area contributed by atoms with E-state index in [4.69, 9.17) is 9.72 Å². The van der Waals surface area contributed by atoms with Gasteiger partial charge in [0, 0.05) is 50.3 Å². The summed E-state index contributed by atoms with van der Waals surface area (Å²) < 4.78 is 8.68. The van der Waals surface area contributed by atoms with E-state index in [2.05, 4.69) is 116 Å². The predicted molar refractivity (Wildman–Crippen MR) is 172 cm³/mol. The summed E-state index contributed by atoms with van der Waals surface area (Å²) in [6, 6.07) is 35.8. The average Bonchev–Trinajstić information content (AvgIpc) is 3.29. The molecule has 0 amide bonds. The van der Waals surface area contributed by atoms with Crippen LogP contribution in [0.2, 0.25) is 0 Å². The first kappa shape index (κ1) is 29.5. The van der Waals surface area contributed by atoms with Crippen LogP contribution in [0.1, 0.15) is 28.1 Å². The normalized spacial score (nSPS) is 11.7. The number of aryl methyl sites for hydroxylation is 4. The number of benzene rings is 4. The molecule has 0 fully saturated rings. The van der Waals surface area contributed by atoms with Gasteiger partial charge < -0.3 is 24.2 Å². The Morgan fingerprint density at radius 1 is 0.773 bits per heavy atom. The summed E-state index contributed by atoms with van der Waals surface area (Å²) in [7, 11) is 0. The quantitative estimate of drug-likeness (QED) is 0.165. The molecule has 0 atom stereocenters. The summed E-state index contributed by atoms with van der Waals surface area (Å²) in [4.78, 5) is 11.6. The van der Waals surface area contributed by atoms with E-state index in [1.807, 2.05) is 36.4 Å². The monoisotopic (exact) mass is 754 g/mol. The largest absolute Gasteiger partial charge is 0.503 e. The zero-order valence-electron chi connectivity index (χ0n) is 25.3. The third-order valence-electron chi connectivity index (χ3n) is 8.01. The Labute approximate surface area is 273 Å². The van der Waals surface area contributed by atoms with Crippen molar-refractivity contribution < 1.29 is 25.8 Å². The maximum Gasteiger partial charge on any atom is 0.0421 e. The Balaban J connectivity index is 0.00000343. The number of ether oxygens (including phenoxy) is 1. The van der Waals surface area contributed by atoms with Crippen LogP contribution in [0.25, 0.3) is 33.8 Å². The van der Waals surface area contributed by atoms with Crippen molar-refractivity contribution in [3.8, 4) is 45.3 Å². The van der Waals surface area contributed by atoms with Crippen molar-refractivity contribution in [3.05, 3.63) is 138 Å². The fraction of sp³-hybridized carbons (Fsp3) is 0.132. The number of hydrogen-bond acceptors (Lipinski definition) is 4. The molecule has 0 N–H and O–H groups in total. The second kappa shape index (κ2) is 11.8. The van der Waals surface area contributed by atoms with Crippen LogP contribution < -0.4 is 9.64 Å². The molecular weight excluding hydrogens is 724 g/mol. The summed E-state index contributed by atoms with van der Waals surface area (Å²) >= 11 is 0. The van der Waals surface area contributed by atoms with Crippen molar-refractivity contribution >= 4 is 11.4 Å². The molecule has 1 aliphatic rings. The summed E-state index contributed by atoms with van der Waals surface area (Å²) in [6.45, 7) is 12.7. The topological polar surface area (TPSA) is 43.2 Å². The molecule has 222 valence electrons. The first-order valence-electron chi connectivity index (χ1n) is 14.4. The fourth-order valence-corrected chi connectivity index (χ4v) is 5.99. The first-order chi connectivity index (χ1) is 20.9. The number of nitrogens with zero attached hydrogens (tertiary/aromatic N) is 4. The van der Waals surface area contributed by atoms with Crippen molar-refractivity contribution in [1.82, 2.24) is 14.5 Å². The number of fused-ring (bicyclic) bond motifs is 3. The standard InChI is InChI=1S/C38H31N4O.Pt/c1-24-17-25(2)37(26(3)18-24)30-19-31(42-23-41-28(5)27(4)40-38(41)34-13-6-7-15-36(34)42)22-33(21-30)43-32-12-10-11-29(20-32)35-14-8-9-16-39-35;/h6-19,21,23H,1-5H3;/q-3;. The first-order valence-corrected chi connectivity index (χ1v) is 14.4. The minimum Gasteiger partial charge on any atom is -0.503 e. The van der Waals surface area contributed by atoms with Gasteiger partial charge in [-0.15, -0.1) is 47.5 Å². The van der Waals surface area contributed by atoms with E-state index in [0.29, 0.717) is 11.5 Å². The van der Waals surface area contributed by atoms with Crippen molar-refractivity contribution in [2.24, 2.45) is 0 Å². The van der Waals surface area contributed by atoms with E-state index in [9.17, 15) is 0 Å². The number of anilines is 2. The predicted octanol–water partition coefficient (Wildman–Crippen LogP) is 9.33. The molecule has 4 aromatic carbocycles. The maximum absolute atomic E-state index is 6.52. The van der Waals surface area contributed by atoms with Crippen molar-refractivity contribution in [2.75, 3.05) is 4.90 Å². The van der Waals surface area contributed by atoms with Gasteiger partial charge in [0.2, 0.25) is 0 Å². The summed E-state index contributed by atoms with van der Waals surface area (Å²) in [5, 5.41) is 0. The van der Waals surface area contributed by atoms with E-state index >= 15 is 0 Å². The Kier molecular flexibility index (Phi) is 7.92. The third-order valence-corrected chi connectivity index (χ3v) is 8.01. The van der Waals surface area contributed by atoms with Gasteiger partial charge in [0.15, 0.2) is 0 Å². The zero-order chi connectivity index (χ0) is 29.7. The molecule has 6 heteroatoms. The molecule has 5 nitrogen and oxygen atoms in total. The van der Waals surface area contributed by atoms with Gasteiger partial charge in [-0.1, -0.05) is 72.4 Å². The summed E-state index contributed by atoms with van der Waals surface area (Å²) in [5.41, 5.74) is 12.8. The molecule has 0 spiro atoms. The van der Waals surface area contributed by atoms with Gasteiger partial charge >= 0.3 is 0 Å². The number of para-hydroxylation sites is 1. The van der Waals surface area contributed by atoms with Gasteiger partial charge in [0.1, 0.15) is 0 Å². The van der Waals surface area contributed by atoms with Crippen LogP contribution in [0.4, 0.5) is 11.4 Å². The number of pyridine rings is 1. The number of rotatable bonds is 5. The van der Waals surface area contributed by atoms with Crippen molar-refractivity contribution in [1.29, 1.82) is 0 Å². The molecule has 1 aliphatic heterocycles. The minimum atomic E-state index is 0. The van der Waals surface area contributed by atoms with Crippen LogP contribution in [0.5, 0.6) is 11.5 Å². The number of imidazole rings is 1. The van der Waals surface area contributed by atoms with Crippen LogP contribution in [0, 0.1) is 53.4 Å². The molecule has 44 heavy (non-hydrogen) atoms. The number of aromatic nitrogens is 3. The molecule has 7 rings (SSSR count). The molecule has 0 bridgehead atoms. The Hall–Kier alpha value is -4.60. The van der Waals surface area contributed by atoms with E-state index in [1.165, 1.54) is 22.3 Å². The third kappa shape index (κ3) is 5.33. The Morgan fingerprint density at radius 2 is 1.55 bits per heavy atom. The Bertz CT molecular complexity index is 1970. The molecule has 0 aliphatic carbocycles. The molecule has 0 unspecified atom stereocenters. The van der Waals surface area contributed by atoms with E-state index in [-0.39, 0.29) is 21.1 Å². The molecule has 3 heterocycles. The van der Waals surface area contributed by atoms with E-state index in [1.54, 1.807) is 6.20 Å². The van der Waals surface area contributed by atoms with Gasteiger partial charge in [0.05, 0.1) is 0 Å². The Morgan fingerprint density at radius 3 is 2.32 bits per heavy atom. The minimum absolute atomic E-state index is 0. The molecule has 0 saturated heterocycles.